The molecule has 0 spiro atoms. The van der Waals surface area contributed by atoms with Crippen LogP contribution in [0.5, 0.6) is 0 Å². The van der Waals surface area contributed by atoms with Crippen LogP contribution in [0, 0.1) is 13.8 Å². The third-order valence-electron chi connectivity index (χ3n) is 3.39. The second-order valence-electron chi connectivity index (χ2n) is 4.71. The predicted octanol–water partition coefficient (Wildman–Crippen LogP) is 3.32. The highest BCUT2D eigenvalue weighted by molar-refractivity contribution is 5.64. The highest BCUT2D eigenvalue weighted by atomic mass is 15.2. The van der Waals surface area contributed by atoms with Gasteiger partial charge in [0.2, 0.25) is 0 Å². The summed E-state index contributed by atoms with van der Waals surface area (Å²) in [6.07, 6.45) is 1.85. The Morgan fingerprint density at radius 3 is 2.37 bits per heavy atom. The van der Waals surface area contributed by atoms with E-state index < -0.39 is 0 Å². The Bertz CT molecular complexity index is 546. The van der Waals surface area contributed by atoms with Crippen LogP contribution >= 0.6 is 0 Å². The van der Waals surface area contributed by atoms with E-state index in [4.69, 9.17) is 5.73 Å². The molecule has 1 aromatic heterocycles. The number of benzene rings is 1. The fraction of sp³-hybridized carbons (Fsp3) is 0.312. The number of aromatic nitrogens is 1. The van der Waals surface area contributed by atoms with Gasteiger partial charge in [-0.1, -0.05) is 17.7 Å². The van der Waals surface area contributed by atoms with Crippen LogP contribution in [0.25, 0.3) is 0 Å². The molecule has 0 saturated carbocycles. The van der Waals surface area contributed by atoms with Crippen LogP contribution in [0.1, 0.15) is 23.6 Å². The summed E-state index contributed by atoms with van der Waals surface area (Å²) in [6.45, 7) is 7.68. The van der Waals surface area contributed by atoms with Crippen LogP contribution in [0.3, 0.4) is 0 Å². The topological polar surface area (TPSA) is 42.2 Å². The minimum Gasteiger partial charge on any atom is -0.326 e. The predicted molar refractivity (Wildman–Crippen MR) is 80.7 cm³/mol. The normalized spacial score (nSPS) is 10.5. The number of aryl methyl sites for hydroxylation is 2. The van der Waals surface area contributed by atoms with E-state index in [1.807, 2.05) is 12.3 Å². The molecule has 0 fully saturated rings. The molecule has 0 aliphatic rings. The van der Waals surface area contributed by atoms with Gasteiger partial charge in [0, 0.05) is 30.5 Å². The molecule has 3 heteroatoms. The average Bonchev–Trinajstić information content (AvgIpc) is 2.42. The van der Waals surface area contributed by atoms with Gasteiger partial charge in [0.15, 0.2) is 0 Å². The summed E-state index contributed by atoms with van der Waals surface area (Å²) >= 11 is 0. The van der Waals surface area contributed by atoms with Crippen molar-refractivity contribution in [1.82, 2.24) is 4.98 Å². The van der Waals surface area contributed by atoms with E-state index in [9.17, 15) is 0 Å². The third-order valence-corrected chi connectivity index (χ3v) is 3.39. The lowest BCUT2D eigenvalue weighted by atomic mass is 10.1. The van der Waals surface area contributed by atoms with Gasteiger partial charge in [0.05, 0.1) is 0 Å². The largest absolute Gasteiger partial charge is 0.326 e. The monoisotopic (exact) mass is 255 g/mol. The maximum absolute atomic E-state index is 5.88. The van der Waals surface area contributed by atoms with Crippen LogP contribution in [0.15, 0.2) is 36.5 Å². The van der Waals surface area contributed by atoms with Gasteiger partial charge in [-0.05, 0) is 44.5 Å². The van der Waals surface area contributed by atoms with Crippen molar-refractivity contribution < 1.29 is 0 Å². The summed E-state index contributed by atoms with van der Waals surface area (Å²) in [5, 5.41) is 0. The van der Waals surface area contributed by atoms with E-state index in [-0.39, 0.29) is 0 Å². The SMILES string of the molecule is CCN(c1ccc(C)cc1)c1nccc(C)c1CN. The van der Waals surface area contributed by atoms with Gasteiger partial charge >= 0.3 is 0 Å². The van der Waals surface area contributed by atoms with Gasteiger partial charge < -0.3 is 10.6 Å². The van der Waals surface area contributed by atoms with Crippen LogP contribution in [-0.4, -0.2) is 11.5 Å². The summed E-state index contributed by atoms with van der Waals surface area (Å²) in [7, 11) is 0. The minimum absolute atomic E-state index is 0.511. The molecular formula is C16H21N3. The van der Waals surface area contributed by atoms with Gasteiger partial charge in [-0.15, -0.1) is 0 Å². The molecule has 2 aromatic rings. The molecule has 100 valence electrons. The molecule has 0 aliphatic carbocycles. The Kier molecular flexibility index (Phi) is 4.17. The van der Waals surface area contributed by atoms with Gasteiger partial charge in [0.1, 0.15) is 5.82 Å². The summed E-state index contributed by atoms with van der Waals surface area (Å²) in [5.74, 6) is 0.967. The molecule has 0 atom stereocenters. The number of anilines is 2. The summed E-state index contributed by atoms with van der Waals surface area (Å²) in [4.78, 5) is 6.73. The van der Waals surface area contributed by atoms with Crippen molar-refractivity contribution in [2.75, 3.05) is 11.4 Å². The second kappa shape index (κ2) is 5.85. The molecular weight excluding hydrogens is 234 g/mol. The Morgan fingerprint density at radius 1 is 1.11 bits per heavy atom. The van der Waals surface area contributed by atoms with Crippen molar-refractivity contribution in [3.05, 3.63) is 53.2 Å². The number of rotatable bonds is 4. The fourth-order valence-electron chi connectivity index (χ4n) is 2.24. The molecule has 0 aliphatic heterocycles. The molecule has 0 amide bonds. The van der Waals surface area contributed by atoms with Crippen molar-refractivity contribution in [2.24, 2.45) is 5.73 Å². The lowest BCUT2D eigenvalue weighted by Gasteiger charge is -2.25. The van der Waals surface area contributed by atoms with E-state index in [0.717, 1.165) is 23.6 Å². The molecule has 2 rings (SSSR count). The molecule has 1 aromatic carbocycles. The van der Waals surface area contributed by atoms with Crippen molar-refractivity contribution in [3.63, 3.8) is 0 Å². The Hall–Kier alpha value is -1.87. The first-order chi connectivity index (χ1) is 9.17. The summed E-state index contributed by atoms with van der Waals surface area (Å²) in [6, 6.07) is 10.5. The minimum atomic E-state index is 0.511. The molecule has 1 heterocycles. The van der Waals surface area contributed by atoms with E-state index >= 15 is 0 Å². The maximum atomic E-state index is 5.88. The lowest BCUT2D eigenvalue weighted by Crippen LogP contribution is -2.20. The first-order valence-corrected chi connectivity index (χ1v) is 6.66. The fourth-order valence-corrected chi connectivity index (χ4v) is 2.24. The average molecular weight is 255 g/mol. The lowest BCUT2D eigenvalue weighted by molar-refractivity contribution is 0.939. The maximum Gasteiger partial charge on any atom is 0.137 e. The van der Waals surface area contributed by atoms with Crippen LogP contribution in [0.2, 0.25) is 0 Å². The summed E-state index contributed by atoms with van der Waals surface area (Å²) < 4.78 is 0. The first kappa shape index (κ1) is 13.6. The molecule has 3 nitrogen and oxygen atoms in total. The number of pyridine rings is 1. The number of hydrogen-bond donors (Lipinski definition) is 1. The van der Waals surface area contributed by atoms with Crippen molar-refractivity contribution in [1.29, 1.82) is 0 Å². The van der Waals surface area contributed by atoms with Crippen molar-refractivity contribution >= 4 is 11.5 Å². The third kappa shape index (κ3) is 2.76. The zero-order valence-corrected chi connectivity index (χ0v) is 11.9. The smallest absolute Gasteiger partial charge is 0.137 e. The molecule has 0 radical (unpaired) electrons. The van der Waals surface area contributed by atoms with Gasteiger partial charge in [-0.25, -0.2) is 4.98 Å². The highest BCUT2D eigenvalue weighted by Crippen LogP contribution is 2.28. The molecule has 19 heavy (non-hydrogen) atoms. The Labute approximate surface area is 115 Å². The van der Waals surface area contributed by atoms with Crippen molar-refractivity contribution in [3.8, 4) is 0 Å². The van der Waals surface area contributed by atoms with Crippen LogP contribution in [0.4, 0.5) is 11.5 Å². The first-order valence-electron chi connectivity index (χ1n) is 6.66. The Morgan fingerprint density at radius 2 is 1.79 bits per heavy atom. The number of nitrogens with zero attached hydrogens (tertiary/aromatic N) is 2. The molecule has 0 unspecified atom stereocenters. The van der Waals surface area contributed by atoms with Crippen molar-refractivity contribution in [2.45, 2.75) is 27.3 Å². The van der Waals surface area contributed by atoms with Gasteiger partial charge in [0.25, 0.3) is 0 Å². The van der Waals surface area contributed by atoms with Crippen LogP contribution < -0.4 is 10.6 Å². The van der Waals surface area contributed by atoms with Crippen LogP contribution in [-0.2, 0) is 6.54 Å². The molecule has 2 N–H and O–H groups in total. The second-order valence-corrected chi connectivity index (χ2v) is 4.71. The van der Waals surface area contributed by atoms with Gasteiger partial charge in [-0.2, -0.15) is 0 Å². The summed E-state index contributed by atoms with van der Waals surface area (Å²) in [5.41, 5.74) is 10.6. The standard InChI is InChI=1S/C16H21N3/c1-4-19(14-7-5-12(2)6-8-14)16-15(11-17)13(3)9-10-18-16/h5-10H,4,11,17H2,1-3H3. The van der Waals surface area contributed by atoms with E-state index in [1.165, 1.54) is 11.1 Å². The zero-order valence-electron chi connectivity index (χ0n) is 11.9. The highest BCUT2D eigenvalue weighted by Gasteiger charge is 2.13. The molecule has 0 bridgehead atoms. The van der Waals surface area contributed by atoms with Gasteiger partial charge in [-0.3, -0.25) is 0 Å². The Balaban J connectivity index is 2.48. The van der Waals surface area contributed by atoms with E-state index in [2.05, 4.69) is 54.9 Å². The number of nitrogens with two attached hydrogens (primary N) is 1. The van der Waals surface area contributed by atoms with E-state index in [0.29, 0.717) is 6.54 Å². The quantitative estimate of drug-likeness (QED) is 0.911. The van der Waals surface area contributed by atoms with E-state index in [1.54, 1.807) is 0 Å². The number of hydrogen-bond acceptors (Lipinski definition) is 3. The molecule has 0 saturated heterocycles. The zero-order chi connectivity index (χ0) is 13.8.